The molecule has 5 heteroatoms. The van der Waals surface area contributed by atoms with E-state index >= 15 is 0 Å². The second kappa shape index (κ2) is 7.99. The number of anilines is 1. The van der Waals surface area contributed by atoms with E-state index < -0.39 is 0 Å². The second-order valence-electron chi connectivity index (χ2n) is 7.65. The Hall–Kier alpha value is -1.91. The fraction of sp³-hybridized carbons (Fsp3) is 0.455. The first-order chi connectivity index (χ1) is 13.2. The average molecular weight is 383 g/mol. The Kier molecular flexibility index (Phi) is 5.46. The molecule has 1 aromatic heterocycles. The van der Waals surface area contributed by atoms with Crippen LogP contribution in [0.25, 0.3) is 6.08 Å². The fourth-order valence-corrected chi connectivity index (χ4v) is 4.85. The van der Waals surface area contributed by atoms with Crippen molar-refractivity contribution in [2.45, 2.75) is 38.3 Å². The number of rotatable bonds is 5. The van der Waals surface area contributed by atoms with Gasteiger partial charge < -0.3 is 4.90 Å². The third-order valence-electron chi connectivity index (χ3n) is 5.83. The van der Waals surface area contributed by atoms with Gasteiger partial charge in [0, 0.05) is 31.2 Å². The monoisotopic (exact) mass is 382 g/mol. The zero-order chi connectivity index (χ0) is 18.8. The maximum absolute atomic E-state index is 6.57. The van der Waals surface area contributed by atoms with Gasteiger partial charge in [-0.25, -0.2) is 9.97 Å². The zero-order valence-corrected chi connectivity index (χ0v) is 16.8. The van der Waals surface area contributed by atoms with Crippen molar-refractivity contribution in [1.29, 1.82) is 0 Å². The van der Waals surface area contributed by atoms with Gasteiger partial charge in [0.2, 0.25) is 0 Å². The highest BCUT2D eigenvalue weighted by Gasteiger charge is 2.46. The summed E-state index contributed by atoms with van der Waals surface area (Å²) in [7, 11) is 2.11. The summed E-state index contributed by atoms with van der Waals surface area (Å²) in [6, 6.07) is 11.3. The van der Waals surface area contributed by atoms with Crippen molar-refractivity contribution in [3.63, 3.8) is 0 Å². The first-order valence-corrected chi connectivity index (χ1v) is 10.3. The summed E-state index contributed by atoms with van der Waals surface area (Å²) in [6.45, 7) is 4.35. The normalized spacial score (nSPS) is 25.0. The van der Waals surface area contributed by atoms with Crippen LogP contribution in [0.4, 0.5) is 5.82 Å². The van der Waals surface area contributed by atoms with Crippen LogP contribution in [0, 0.1) is 5.92 Å². The van der Waals surface area contributed by atoms with Gasteiger partial charge in [-0.15, -0.1) is 0 Å². The van der Waals surface area contributed by atoms with E-state index in [0.29, 0.717) is 23.2 Å². The molecule has 1 aromatic carbocycles. The molecule has 1 fully saturated rings. The zero-order valence-electron chi connectivity index (χ0n) is 16.1. The van der Waals surface area contributed by atoms with Gasteiger partial charge in [-0.1, -0.05) is 67.4 Å². The van der Waals surface area contributed by atoms with Crippen LogP contribution in [0.1, 0.15) is 43.4 Å². The van der Waals surface area contributed by atoms with Crippen molar-refractivity contribution < 1.29 is 0 Å². The first-order valence-electron chi connectivity index (χ1n) is 9.89. The summed E-state index contributed by atoms with van der Waals surface area (Å²) in [5, 5.41) is 0.607. The molecule has 2 aromatic rings. The molecule has 27 heavy (non-hydrogen) atoms. The SMILES string of the molecule is CCCCN1[C@@H](/C=C/c2ccccc2)C[C@@H]2CN(C)c3ncnc(Cl)c3[C@@H]21. The first kappa shape index (κ1) is 18.5. The maximum atomic E-state index is 6.57. The van der Waals surface area contributed by atoms with Gasteiger partial charge in [-0.3, -0.25) is 4.90 Å². The highest BCUT2D eigenvalue weighted by molar-refractivity contribution is 6.30. The molecule has 3 atom stereocenters. The van der Waals surface area contributed by atoms with E-state index in [1.54, 1.807) is 6.33 Å². The molecular formula is C22H27ClN4. The summed E-state index contributed by atoms with van der Waals surface area (Å²) < 4.78 is 0. The third-order valence-corrected chi connectivity index (χ3v) is 6.14. The predicted molar refractivity (Wildman–Crippen MR) is 112 cm³/mol. The van der Waals surface area contributed by atoms with E-state index in [0.717, 1.165) is 30.9 Å². The number of unbranched alkanes of at least 4 members (excludes halogenated alkanes) is 1. The Morgan fingerprint density at radius 1 is 1.22 bits per heavy atom. The summed E-state index contributed by atoms with van der Waals surface area (Å²) in [4.78, 5) is 13.7. The Morgan fingerprint density at radius 3 is 2.81 bits per heavy atom. The van der Waals surface area contributed by atoms with E-state index in [-0.39, 0.29) is 0 Å². The number of likely N-dealkylation sites (tertiary alicyclic amines) is 1. The van der Waals surface area contributed by atoms with Crippen molar-refractivity contribution in [3.05, 3.63) is 59.0 Å². The fourth-order valence-electron chi connectivity index (χ4n) is 4.61. The largest absolute Gasteiger partial charge is 0.359 e. The Balaban J connectivity index is 1.68. The molecule has 142 valence electrons. The molecule has 2 aliphatic heterocycles. The lowest BCUT2D eigenvalue weighted by Gasteiger charge is -2.38. The molecule has 0 unspecified atom stereocenters. The second-order valence-corrected chi connectivity index (χ2v) is 8.01. The summed E-state index contributed by atoms with van der Waals surface area (Å²) >= 11 is 6.57. The summed E-state index contributed by atoms with van der Waals surface area (Å²) in [5.41, 5.74) is 2.37. The molecule has 4 rings (SSSR count). The Morgan fingerprint density at radius 2 is 2.04 bits per heavy atom. The van der Waals surface area contributed by atoms with Crippen LogP contribution >= 0.6 is 11.6 Å². The van der Waals surface area contributed by atoms with Gasteiger partial charge in [-0.2, -0.15) is 0 Å². The van der Waals surface area contributed by atoms with E-state index in [2.05, 4.69) is 76.2 Å². The van der Waals surface area contributed by atoms with Gasteiger partial charge in [0.25, 0.3) is 0 Å². The van der Waals surface area contributed by atoms with Gasteiger partial charge in [0.15, 0.2) is 0 Å². The van der Waals surface area contributed by atoms with E-state index in [1.807, 2.05) is 0 Å². The lowest BCUT2D eigenvalue weighted by atomic mass is 9.90. The minimum atomic E-state index is 0.307. The molecule has 1 saturated heterocycles. The van der Waals surface area contributed by atoms with Crippen molar-refractivity contribution in [1.82, 2.24) is 14.9 Å². The smallest absolute Gasteiger partial charge is 0.139 e. The molecule has 3 heterocycles. The molecule has 0 aliphatic carbocycles. The van der Waals surface area contributed by atoms with Crippen molar-refractivity contribution in [3.8, 4) is 0 Å². The van der Waals surface area contributed by atoms with Crippen molar-refractivity contribution >= 4 is 23.5 Å². The lowest BCUT2D eigenvalue weighted by Crippen LogP contribution is -2.39. The third kappa shape index (κ3) is 3.61. The van der Waals surface area contributed by atoms with E-state index in [9.17, 15) is 0 Å². The molecule has 2 aliphatic rings. The lowest BCUT2D eigenvalue weighted by molar-refractivity contribution is 0.194. The maximum Gasteiger partial charge on any atom is 0.139 e. The van der Waals surface area contributed by atoms with Crippen molar-refractivity contribution in [2.24, 2.45) is 5.92 Å². The quantitative estimate of drug-likeness (QED) is 0.693. The minimum absolute atomic E-state index is 0.307. The van der Waals surface area contributed by atoms with Crippen LogP contribution in [0.15, 0.2) is 42.7 Å². The van der Waals surface area contributed by atoms with Crippen LogP contribution in [-0.4, -0.2) is 41.0 Å². The number of aromatic nitrogens is 2. The molecule has 0 saturated carbocycles. The number of halogens is 1. The topological polar surface area (TPSA) is 32.3 Å². The minimum Gasteiger partial charge on any atom is -0.359 e. The molecule has 0 radical (unpaired) electrons. The Labute approximate surface area is 166 Å². The molecular weight excluding hydrogens is 356 g/mol. The number of hydrogen-bond donors (Lipinski definition) is 0. The van der Waals surface area contributed by atoms with Crippen LogP contribution in [0.2, 0.25) is 5.15 Å². The van der Waals surface area contributed by atoms with Gasteiger partial charge >= 0.3 is 0 Å². The van der Waals surface area contributed by atoms with Crippen molar-refractivity contribution in [2.75, 3.05) is 25.0 Å². The van der Waals surface area contributed by atoms with Crippen LogP contribution in [-0.2, 0) is 0 Å². The van der Waals surface area contributed by atoms with Gasteiger partial charge in [0.05, 0.1) is 0 Å². The highest BCUT2D eigenvalue weighted by Crippen LogP contribution is 2.49. The van der Waals surface area contributed by atoms with Crippen LogP contribution in [0.5, 0.6) is 0 Å². The number of benzene rings is 1. The van der Waals surface area contributed by atoms with Crippen LogP contribution < -0.4 is 4.90 Å². The summed E-state index contributed by atoms with van der Waals surface area (Å²) in [5.74, 6) is 1.54. The molecule has 0 amide bonds. The number of fused-ring (bicyclic) bond motifs is 3. The van der Waals surface area contributed by atoms with E-state index in [1.165, 1.54) is 18.4 Å². The molecule has 4 nitrogen and oxygen atoms in total. The Bertz CT molecular complexity index is 807. The average Bonchev–Trinajstić information content (AvgIpc) is 3.03. The molecule has 0 bridgehead atoms. The van der Waals surface area contributed by atoms with Crippen LogP contribution in [0.3, 0.4) is 0 Å². The molecule has 0 spiro atoms. The predicted octanol–water partition coefficient (Wildman–Crippen LogP) is 4.82. The standard InChI is InChI=1S/C22H27ClN4/c1-3-4-12-27-18(11-10-16-8-6-5-7-9-16)13-17-14-26(2)22-19(20(17)27)21(23)24-15-25-22/h5-11,15,17-18,20H,3-4,12-14H2,1-2H3/b11-10+/t17-,18+,20-/m1/s1. The van der Waals surface area contributed by atoms with Gasteiger partial charge in [-0.05, 0) is 30.9 Å². The number of hydrogen-bond acceptors (Lipinski definition) is 4. The molecule has 0 N–H and O–H groups in total. The van der Waals surface area contributed by atoms with Gasteiger partial charge in [0.1, 0.15) is 17.3 Å². The van der Waals surface area contributed by atoms with E-state index in [4.69, 9.17) is 11.6 Å². The summed E-state index contributed by atoms with van der Waals surface area (Å²) in [6.07, 6.45) is 9.74. The highest BCUT2D eigenvalue weighted by atomic mass is 35.5. The number of nitrogens with zero attached hydrogens (tertiary/aromatic N) is 4.